The third kappa shape index (κ3) is 4.11. The van der Waals surface area contributed by atoms with Crippen LogP contribution >= 0.6 is 0 Å². The van der Waals surface area contributed by atoms with Crippen molar-refractivity contribution < 1.29 is 27.4 Å². The van der Waals surface area contributed by atoms with E-state index in [0.29, 0.717) is 0 Å². The molecule has 5 nitrogen and oxygen atoms in total. The molecule has 0 saturated heterocycles. The average Bonchev–Trinajstić information content (AvgIpc) is 2.36. The van der Waals surface area contributed by atoms with Crippen LogP contribution < -0.4 is 16.0 Å². The number of benzene rings is 1. The third-order valence-corrected chi connectivity index (χ3v) is 2.21. The molecule has 0 aliphatic carbocycles. The first kappa shape index (κ1) is 15.3. The highest BCUT2D eigenvalue weighted by atomic mass is 19.4. The number of carbonyl (C=O) groups is 1. The van der Waals surface area contributed by atoms with Crippen molar-refractivity contribution in [1.29, 1.82) is 0 Å². The molecular formula is C11H13F3N2O3. The first-order valence-corrected chi connectivity index (χ1v) is 5.22. The summed E-state index contributed by atoms with van der Waals surface area (Å²) >= 11 is 0. The molecule has 0 aliphatic rings. The van der Waals surface area contributed by atoms with E-state index in [4.69, 9.17) is 15.3 Å². The largest absolute Gasteiger partial charge is 0.477 e. The molecule has 0 fully saturated rings. The van der Waals surface area contributed by atoms with Gasteiger partial charge >= 0.3 is 6.18 Å². The van der Waals surface area contributed by atoms with Crippen LogP contribution in [0.1, 0.15) is 5.56 Å². The van der Waals surface area contributed by atoms with Crippen LogP contribution in [0.5, 0.6) is 5.75 Å². The molecule has 0 aliphatic heterocycles. The number of nitrogens with two attached hydrogens (primary N) is 1. The second kappa shape index (κ2) is 6.39. The Morgan fingerprint density at radius 3 is 2.58 bits per heavy atom. The van der Waals surface area contributed by atoms with E-state index < -0.39 is 29.5 Å². The van der Waals surface area contributed by atoms with E-state index >= 15 is 0 Å². The molecule has 1 aromatic carbocycles. The average molecular weight is 278 g/mol. The minimum atomic E-state index is -4.58. The molecule has 0 saturated carbocycles. The molecule has 0 bridgehead atoms. The van der Waals surface area contributed by atoms with E-state index in [-0.39, 0.29) is 6.61 Å². The van der Waals surface area contributed by atoms with Gasteiger partial charge in [-0.15, -0.1) is 0 Å². The van der Waals surface area contributed by atoms with Crippen molar-refractivity contribution in [2.75, 3.05) is 13.7 Å². The fourth-order valence-electron chi connectivity index (χ4n) is 1.36. The molecule has 106 valence electrons. The van der Waals surface area contributed by atoms with Gasteiger partial charge in [0.05, 0.1) is 12.2 Å². The fourth-order valence-corrected chi connectivity index (χ4v) is 1.36. The lowest BCUT2D eigenvalue weighted by molar-refractivity contribution is -0.141. The van der Waals surface area contributed by atoms with Gasteiger partial charge in [0.25, 0.3) is 5.91 Å². The summed E-state index contributed by atoms with van der Waals surface area (Å²) in [5.41, 5.74) is 0.832. The molecule has 0 aromatic heterocycles. The maximum absolute atomic E-state index is 12.7. The van der Waals surface area contributed by atoms with Gasteiger partial charge in [0.1, 0.15) is 5.75 Å². The lowest BCUT2D eigenvalue weighted by Gasteiger charge is -2.19. The van der Waals surface area contributed by atoms with Gasteiger partial charge in [-0.1, -0.05) is 12.1 Å². The molecule has 19 heavy (non-hydrogen) atoms. The number of para-hydroxylation sites is 1. The number of hydrogen-bond acceptors (Lipinski definition) is 4. The van der Waals surface area contributed by atoms with Crippen molar-refractivity contribution in [3.05, 3.63) is 29.8 Å². The van der Waals surface area contributed by atoms with Crippen LogP contribution in [0.2, 0.25) is 0 Å². The topological polar surface area (TPSA) is 73.6 Å². The third-order valence-electron chi connectivity index (χ3n) is 2.21. The highest BCUT2D eigenvalue weighted by Gasteiger charge is 2.35. The first-order valence-electron chi connectivity index (χ1n) is 5.22. The van der Waals surface area contributed by atoms with Crippen LogP contribution in [0.3, 0.4) is 0 Å². The summed E-state index contributed by atoms with van der Waals surface area (Å²) in [7, 11) is 1.29. The minimum Gasteiger partial charge on any atom is -0.477 e. The van der Waals surface area contributed by atoms with Gasteiger partial charge in [0.2, 0.25) is 6.10 Å². The van der Waals surface area contributed by atoms with Gasteiger partial charge in [-0.3, -0.25) is 10.2 Å². The van der Waals surface area contributed by atoms with Crippen molar-refractivity contribution in [3.8, 4) is 5.75 Å². The molecule has 1 unspecified atom stereocenters. The number of ether oxygens (including phenoxy) is 2. The number of carbonyl (C=O) groups excluding carboxylic acids is 1. The van der Waals surface area contributed by atoms with E-state index in [1.54, 1.807) is 5.43 Å². The van der Waals surface area contributed by atoms with Crippen molar-refractivity contribution >= 4 is 5.91 Å². The Balaban J connectivity index is 3.00. The van der Waals surface area contributed by atoms with Crippen molar-refractivity contribution in [3.63, 3.8) is 0 Å². The Labute approximate surface area is 107 Å². The fraction of sp³-hybridized carbons (Fsp3) is 0.364. The summed E-state index contributed by atoms with van der Waals surface area (Å²) in [5, 5.41) is 0. The maximum atomic E-state index is 12.7. The Morgan fingerprint density at radius 1 is 1.42 bits per heavy atom. The molecule has 1 aromatic rings. The lowest BCUT2D eigenvalue weighted by Crippen LogP contribution is -2.44. The van der Waals surface area contributed by atoms with Crippen LogP contribution in [0.4, 0.5) is 13.2 Å². The quantitative estimate of drug-likeness (QED) is 0.480. The Morgan fingerprint density at radius 2 is 2.05 bits per heavy atom. The van der Waals surface area contributed by atoms with Gasteiger partial charge in [-0.25, -0.2) is 5.84 Å². The smallest absolute Gasteiger partial charge is 0.419 e. The van der Waals surface area contributed by atoms with Crippen LogP contribution in [-0.4, -0.2) is 25.7 Å². The van der Waals surface area contributed by atoms with E-state index in [0.717, 1.165) is 12.1 Å². The molecule has 1 atom stereocenters. The summed E-state index contributed by atoms with van der Waals surface area (Å²) in [5.74, 6) is 3.69. The predicted molar refractivity (Wildman–Crippen MR) is 60.1 cm³/mol. The van der Waals surface area contributed by atoms with E-state index in [1.807, 2.05) is 0 Å². The summed E-state index contributed by atoms with van der Waals surface area (Å²) in [4.78, 5) is 11.3. The zero-order valence-electron chi connectivity index (χ0n) is 10.0. The summed E-state index contributed by atoms with van der Waals surface area (Å²) in [6.45, 7) is -0.227. The minimum absolute atomic E-state index is 0.227. The van der Waals surface area contributed by atoms with Gasteiger partial charge in [-0.05, 0) is 12.1 Å². The molecule has 1 rings (SSSR count). The van der Waals surface area contributed by atoms with Crippen LogP contribution in [0, 0.1) is 0 Å². The number of methoxy groups -OCH3 is 1. The highest BCUT2D eigenvalue weighted by molar-refractivity contribution is 5.80. The molecular weight excluding hydrogens is 265 g/mol. The van der Waals surface area contributed by atoms with Crippen molar-refractivity contribution in [2.24, 2.45) is 5.84 Å². The second-order valence-electron chi connectivity index (χ2n) is 3.56. The monoisotopic (exact) mass is 278 g/mol. The maximum Gasteiger partial charge on any atom is 0.419 e. The predicted octanol–water partition coefficient (Wildman–Crippen LogP) is 1.09. The number of hydrogen-bond donors (Lipinski definition) is 2. The molecule has 8 heteroatoms. The zero-order valence-corrected chi connectivity index (χ0v) is 10.0. The molecule has 0 spiro atoms. The van der Waals surface area contributed by atoms with E-state index in [9.17, 15) is 18.0 Å². The van der Waals surface area contributed by atoms with Gasteiger partial charge in [0, 0.05) is 7.11 Å². The second-order valence-corrected chi connectivity index (χ2v) is 3.56. The van der Waals surface area contributed by atoms with E-state index in [1.165, 1.54) is 19.2 Å². The van der Waals surface area contributed by atoms with Crippen molar-refractivity contribution in [2.45, 2.75) is 12.3 Å². The number of nitrogens with one attached hydrogen (secondary N) is 1. The lowest BCUT2D eigenvalue weighted by atomic mass is 10.2. The summed E-state index contributed by atoms with van der Waals surface area (Å²) in [6.07, 6.45) is -5.84. The standard InChI is InChI=1S/C11H13F3N2O3/c1-18-6-9(10(17)16-15)19-8-5-3-2-4-7(8)11(12,13)14/h2-5,9H,6,15H2,1H3,(H,16,17). The van der Waals surface area contributed by atoms with Gasteiger partial charge in [0.15, 0.2) is 0 Å². The van der Waals surface area contributed by atoms with Crippen LogP contribution in [0.15, 0.2) is 24.3 Å². The molecule has 1 amide bonds. The SMILES string of the molecule is COCC(Oc1ccccc1C(F)(F)F)C(=O)NN. The number of rotatable bonds is 5. The van der Waals surface area contributed by atoms with Crippen LogP contribution in [0.25, 0.3) is 0 Å². The summed E-state index contributed by atoms with van der Waals surface area (Å²) < 4.78 is 47.9. The van der Waals surface area contributed by atoms with Crippen molar-refractivity contribution in [1.82, 2.24) is 5.43 Å². The Bertz CT molecular complexity index is 437. The van der Waals surface area contributed by atoms with Gasteiger partial charge < -0.3 is 9.47 Å². The molecule has 0 radical (unpaired) electrons. The molecule has 3 N–H and O–H groups in total. The first-order chi connectivity index (χ1) is 8.90. The molecule has 0 heterocycles. The normalized spacial score (nSPS) is 12.9. The van der Waals surface area contributed by atoms with Crippen LogP contribution in [-0.2, 0) is 15.7 Å². The number of hydrazine groups is 1. The van der Waals surface area contributed by atoms with E-state index in [2.05, 4.69) is 0 Å². The Hall–Kier alpha value is -1.80. The Kier molecular flexibility index (Phi) is 5.13. The number of alkyl halides is 3. The highest BCUT2D eigenvalue weighted by Crippen LogP contribution is 2.36. The zero-order chi connectivity index (χ0) is 14.5. The number of amides is 1. The number of halogens is 3. The van der Waals surface area contributed by atoms with Gasteiger partial charge in [-0.2, -0.15) is 13.2 Å². The summed E-state index contributed by atoms with van der Waals surface area (Å²) in [6, 6.07) is 4.58.